The Kier molecular flexibility index (Phi) is 5.15. The lowest BCUT2D eigenvalue weighted by molar-refractivity contribution is 0.0564. The minimum Gasteiger partial charge on any atom is -0.378 e. The molecule has 5 nitrogen and oxygen atoms in total. The van der Waals surface area contributed by atoms with Crippen LogP contribution in [0.4, 0.5) is 9.93 Å². The zero-order valence-corrected chi connectivity index (χ0v) is 14.4. The fourth-order valence-corrected chi connectivity index (χ4v) is 3.48. The largest absolute Gasteiger partial charge is 0.378 e. The molecular formula is C16H18ClN3O2S. The molecule has 0 spiro atoms. The molecule has 2 aromatic rings. The molecular weight excluding hydrogens is 334 g/mol. The first-order valence-electron chi connectivity index (χ1n) is 7.46. The monoisotopic (exact) mass is 351 g/mol. The van der Waals surface area contributed by atoms with Crippen LogP contribution in [-0.2, 0) is 11.2 Å². The van der Waals surface area contributed by atoms with Crippen molar-refractivity contribution in [2.24, 2.45) is 0 Å². The highest BCUT2D eigenvalue weighted by Gasteiger charge is 2.18. The van der Waals surface area contributed by atoms with Gasteiger partial charge in [-0.25, -0.2) is 9.78 Å². The molecule has 1 saturated heterocycles. The summed E-state index contributed by atoms with van der Waals surface area (Å²) in [5.74, 6) is 0. The van der Waals surface area contributed by atoms with Gasteiger partial charge in [0.15, 0.2) is 5.13 Å². The second kappa shape index (κ2) is 7.29. The van der Waals surface area contributed by atoms with Gasteiger partial charge in [0.05, 0.1) is 18.9 Å². The summed E-state index contributed by atoms with van der Waals surface area (Å²) in [5, 5.41) is 4.26. The van der Waals surface area contributed by atoms with Crippen molar-refractivity contribution in [2.45, 2.75) is 13.3 Å². The van der Waals surface area contributed by atoms with Gasteiger partial charge < -0.3 is 9.64 Å². The second-order valence-corrected chi connectivity index (χ2v) is 6.88. The Balaban J connectivity index is 1.65. The average Bonchev–Trinajstić information content (AvgIpc) is 2.90. The van der Waals surface area contributed by atoms with E-state index in [1.807, 2.05) is 31.2 Å². The van der Waals surface area contributed by atoms with Crippen LogP contribution in [0.25, 0.3) is 0 Å². The Hall–Kier alpha value is -1.63. The molecule has 1 aromatic heterocycles. The molecule has 1 aromatic carbocycles. The van der Waals surface area contributed by atoms with Crippen molar-refractivity contribution in [2.75, 3.05) is 31.6 Å². The van der Waals surface area contributed by atoms with Crippen LogP contribution in [0.2, 0.25) is 5.02 Å². The number of morpholine rings is 1. The average molecular weight is 352 g/mol. The zero-order valence-electron chi connectivity index (χ0n) is 12.8. The first-order valence-corrected chi connectivity index (χ1v) is 8.65. The predicted octanol–water partition coefficient (Wildman–Crippen LogP) is 3.56. The molecule has 23 heavy (non-hydrogen) atoms. The number of hydrogen-bond acceptors (Lipinski definition) is 4. The normalized spacial score (nSPS) is 14.8. The smallest absolute Gasteiger partial charge is 0.323 e. The van der Waals surface area contributed by atoms with Crippen LogP contribution in [0.15, 0.2) is 24.3 Å². The number of ether oxygens (including phenoxy) is 1. The van der Waals surface area contributed by atoms with Gasteiger partial charge in [0.2, 0.25) is 0 Å². The Morgan fingerprint density at radius 3 is 2.74 bits per heavy atom. The molecule has 0 saturated carbocycles. The maximum absolute atomic E-state index is 12.2. The lowest BCUT2D eigenvalue weighted by Crippen LogP contribution is -2.43. The standard InChI is InChI=1S/C16H18ClN3O2S/c1-11-14(10-12-2-4-13(17)5-3-12)23-15(18-11)19-16(21)20-6-8-22-9-7-20/h2-5H,6-10H2,1H3,(H,18,19,21). The third-order valence-electron chi connectivity index (χ3n) is 3.68. The molecule has 3 rings (SSSR count). The topological polar surface area (TPSA) is 54.5 Å². The van der Waals surface area contributed by atoms with E-state index in [-0.39, 0.29) is 6.03 Å². The number of thiazole rings is 1. The van der Waals surface area contributed by atoms with Crippen molar-refractivity contribution in [3.8, 4) is 0 Å². The van der Waals surface area contributed by atoms with E-state index in [2.05, 4.69) is 10.3 Å². The molecule has 0 bridgehead atoms. The highest BCUT2D eigenvalue weighted by molar-refractivity contribution is 7.15. The number of carbonyl (C=O) groups is 1. The molecule has 0 radical (unpaired) electrons. The number of aryl methyl sites for hydroxylation is 1. The van der Waals surface area contributed by atoms with Crippen LogP contribution >= 0.6 is 22.9 Å². The maximum atomic E-state index is 12.2. The minimum atomic E-state index is -0.111. The molecule has 2 amide bonds. The Morgan fingerprint density at radius 2 is 2.04 bits per heavy atom. The molecule has 7 heteroatoms. The number of nitrogens with one attached hydrogen (secondary N) is 1. The van der Waals surface area contributed by atoms with Crippen molar-refractivity contribution in [1.82, 2.24) is 9.88 Å². The van der Waals surface area contributed by atoms with Gasteiger partial charge in [0.1, 0.15) is 0 Å². The molecule has 1 aliphatic rings. The molecule has 0 aliphatic carbocycles. The van der Waals surface area contributed by atoms with Gasteiger partial charge in [0.25, 0.3) is 0 Å². The molecule has 2 heterocycles. The van der Waals surface area contributed by atoms with E-state index in [0.717, 1.165) is 22.0 Å². The van der Waals surface area contributed by atoms with Gasteiger partial charge in [-0.3, -0.25) is 5.32 Å². The van der Waals surface area contributed by atoms with E-state index < -0.39 is 0 Å². The number of halogens is 1. The fraction of sp³-hybridized carbons (Fsp3) is 0.375. The van der Waals surface area contributed by atoms with E-state index in [1.54, 1.807) is 4.90 Å². The van der Waals surface area contributed by atoms with Crippen LogP contribution in [0.5, 0.6) is 0 Å². The number of hydrogen-bond donors (Lipinski definition) is 1. The summed E-state index contributed by atoms with van der Waals surface area (Å²) in [4.78, 5) is 19.5. The third-order valence-corrected chi connectivity index (χ3v) is 5.01. The number of carbonyl (C=O) groups excluding carboxylic acids is 1. The predicted molar refractivity (Wildman–Crippen MR) is 92.5 cm³/mol. The third kappa shape index (κ3) is 4.22. The summed E-state index contributed by atoms with van der Waals surface area (Å²) in [5.41, 5.74) is 2.12. The molecule has 0 unspecified atom stereocenters. The first-order chi connectivity index (χ1) is 11.1. The van der Waals surface area contributed by atoms with E-state index in [1.165, 1.54) is 16.9 Å². The highest BCUT2D eigenvalue weighted by atomic mass is 35.5. The van der Waals surface area contributed by atoms with E-state index in [0.29, 0.717) is 31.4 Å². The quantitative estimate of drug-likeness (QED) is 0.919. The van der Waals surface area contributed by atoms with E-state index in [4.69, 9.17) is 16.3 Å². The Morgan fingerprint density at radius 1 is 1.35 bits per heavy atom. The lowest BCUT2D eigenvalue weighted by Gasteiger charge is -2.26. The van der Waals surface area contributed by atoms with Crippen LogP contribution in [0.3, 0.4) is 0 Å². The van der Waals surface area contributed by atoms with Gasteiger partial charge in [-0.2, -0.15) is 0 Å². The Labute approximate surface area is 144 Å². The van der Waals surface area contributed by atoms with Gasteiger partial charge in [-0.1, -0.05) is 23.7 Å². The SMILES string of the molecule is Cc1nc(NC(=O)N2CCOCC2)sc1Cc1ccc(Cl)cc1. The number of nitrogens with zero attached hydrogens (tertiary/aromatic N) is 2. The highest BCUT2D eigenvalue weighted by Crippen LogP contribution is 2.26. The number of urea groups is 1. The van der Waals surface area contributed by atoms with E-state index >= 15 is 0 Å². The van der Waals surface area contributed by atoms with Gasteiger partial charge >= 0.3 is 6.03 Å². The summed E-state index contributed by atoms with van der Waals surface area (Å²) >= 11 is 7.43. The van der Waals surface area contributed by atoms with Crippen molar-refractivity contribution in [3.05, 3.63) is 45.4 Å². The summed E-state index contributed by atoms with van der Waals surface area (Å²) in [7, 11) is 0. The molecule has 1 fully saturated rings. The molecule has 1 aliphatic heterocycles. The number of amides is 2. The van der Waals surface area contributed by atoms with Crippen LogP contribution in [0, 0.1) is 6.92 Å². The number of benzene rings is 1. The van der Waals surface area contributed by atoms with Crippen molar-refractivity contribution >= 4 is 34.1 Å². The molecule has 122 valence electrons. The second-order valence-electron chi connectivity index (χ2n) is 5.36. The van der Waals surface area contributed by atoms with Crippen LogP contribution in [0.1, 0.15) is 16.1 Å². The fourth-order valence-electron chi connectivity index (χ4n) is 2.37. The van der Waals surface area contributed by atoms with Crippen molar-refractivity contribution in [1.29, 1.82) is 0 Å². The minimum absolute atomic E-state index is 0.111. The summed E-state index contributed by atoms with van der Waals surface area (Å²) in [6.07, 6.45) is 0.786. The van der Waals surface area contributed by atoms with Gasteiger partial charge in [-0.05, 0) is 24.6 Å². The summed E-state index contributed by atoms with van der Waals surface area (Å²) in [6, 6.07) is 7.67. The van der Waals surface area contributed by atoms with Crippen LogP contribution in [-0.4, -0.2) is 42.2 Å². The number of aromatic nitrogens is 1. The summed E-state index contributed by atoms with van der Waals surface area (Å²) < 4.78 is 5.25. The van der Waals surface area contributed by atoms with Crippen LogP contribution < -0.4 is 5.32 Å². The molecule has 0 atom stereocenters. The maximum Gasteiger partial charge on any atom is 0.323 e. The molecule has 1 N–H and O–H groups in total. The number of anilines is 1. The first kappa shape index (κ1) is 16.2. The van der Waals surface area contributed by atoms with E-state index in [9.17, 15) is 4.79 Å². The van der Waals surface area contributed by atoms with Crippen molar-refractivity contribution in [3.63, 3.8) is 0 Å². The number of rotatable bonds is 3. The Bertz CT molecular complexity index is 681. The summed E-state index contributed by atoms with van der Waals surface area (Å²) in [6.45, 7) is 4.38. The van der Waals surface area contributed by atoms with Crippen molar-refractivity contribution < 1.29 is 9.53 Å². The lowest BCUT2D eigenvalue weighted by atomic mass is 10.1. The van der Waals surface area contributed by atoms with Gasteiger partial charge in [0, 0.05) is 29.4 Å². The zero-order chi connectivity index (χ0) is 16.2. The van der Waals surface area contributed by atoms with Gasteiger partial charge in [-0.15, -0.1) is 11.3 Å².